The van der Waals surface area contributed by atoms with Crippen LogP contribution in [0, 0.1) is 23.7 Å². The van der Waals surface area contributed by atoms with Crippen molar-refractivity contribution in [3.63, 3.8) is 0 Å². The van der Waals surface area contributed by atoms with E-state index in [-0.39, 0.29) is 0 Å². The second kappa shape index (κ2) is 10.3. The molecule has 2 saturated carbocycles. The zero-order valence-electron chi connectivity index (χ0n) is 19.0. The molecule has 0 heteroatoms. The Morgan fingerprint density at radius 2 is 1.76 bits per heavy atom. The first-order valence-electron chi connectivity index (χ1n) is 13.0. The molecule has 5 atom stereocenters. The van der Waals surface area contributed by atoms with Crippen LogP contribution >= 0.6 is 0 Å². The number of aryl methyl sites for hydroxylation is 1. The zero-order valence-corrected chi connectivity index (χ0v) is 19.0. The molecule has 29 heavy (non-hydrogen) atoms. The van der Waals surface area contributed by atoms with Gasteiger partial charge in [0.05, 0.1) is 0 Å². The molecule has 3 aliphatic carbocycles. The van der Waals surface area contributed by atoms with E-state index < -0.39 is 0 Å². The Kier molecular flexibility index (Phi) is 7.54. The summed E-state index contributed by atoms with van der Waals surface area (Å²) in [5.74, 6) is 4.81. The minimum atomic E-state index is 0.841. The van der Waals surface area contributed by atoms with E-state index in [1.54, 1.807) is 16.7 Å². The molecule has 2 fully saturated rings. The lowest BCUT2D eigenvalue weighted by atomic mass is 9.63. The fourth-order valence-corrected chi connectivity index (χ4v) is 6.94. The Labute approximate surface area is 180 Å². The molecule has 5 unspecified atom stereocenters. The molecule has 4 rings (SSSR count). The van der Waals surface area contributed by atoms with Crippen molar-refractivity contribution in [2.75, 3.05) is 0 Å². The van der Waals surface area contributed by atoms with Crippen molar-refractivity contribution >= 4 is 0 Å². The lowest BCUT2D eigenvalue weighted by molar-refractivity contribution is 0.115. The third kappa shape index (κ3) is 5.36. The van der Waals surface area contributed by atoms with Crippen molar-refractivity contribution in [3.8, 4) is 0 Å². The first-order chi connectivity index (χ1) is 14.3. The molecular formula is C29H44. The summed E-state index contributed by atoms with van der Waals surface area (Å²) in [4.78, 5) is 0. The summed E-state index contributed by atoms with van der Waals surface area (Å²) >= 11 is 0. The van der Waals surface area contributed by atoms with Crippen LogP contribution in [-0.4, -0.2) is 0 Å². The van der Waals surface area contributed by atoms with Gasteiger partial charge in [-0.05, 0) is 110 Å². The van der Waals surface area contributed by atoms with Gasteiger partial charge in [0.1, 0.15) is 0 Å². The summed E-state index contributed by atoms with van der Waals surface area (Å²) < 4.78 is 0. The number of hydrogen-bond acceptors (Lipinski definition) is 0. The minimum Gasteiger partial charge on any atom is -0.103 e. The molecule has 0 N–H and O–H groups in total. The summed E-state index contributed by atoms with van der Waals surface area (Å²) in [5, 5.41) is 0. The van der Waals surface area contributed by atoms with E-state index in [9.17, 15) is 0 Å². The molecule has 1 aromatic rings. The van der Waals surface area contributed by atoms with Gasteiger partial charge in [0.15, 0.2) is 0 Å². The van der Waals surface area contributed by atoms with E-state index >= 15 is 0 Å². The Bertz CT molecular complexity index is 656. The quantitative estimate of drug-likeness (QED) is 0.307. The Morgan fingerprint density at radius 1 is 0.897 bits per heavy atom. The number of benzene rings is 1. The minimum absolute atomic E-state index is 0.841. The van der Waals surface area contributed by atoms with Crippen molar-refractivity contribution in [2.45, 2.75) is 109 Å². The van der Waals surface area contributed by atoms with Gasteiger partial charge in [-0.15, -0.1) is 6.58 Å². The van der Waals surface area contributed by atoms with Gasteiger partial charge in [-0.3, -0.25) is 0 Å². The molecule has 0 amide bonds. The summed E-state index contributed by atoms with van der Waals surface area (Å²) in [7, 11) is 0. The summed E-state index contributed by atoms with van der Waals surface area (Å²) in [5.41, 5.74) is 5.06. The molecule has 0 heterocycles. The van der Waals surface area contributed by atoms with E-state index in [2.05, 4.69) is 37.8 Å². The predicted octanol–water partition coefficient (Wildman–Crippen LogP) is 8.64. The SMILES string of the molecule is C=CCCC1CCC2CC(c3ccc4c(c3)CCC(CCCCC)C4)CCC2C1. The topological polar surface area (TPSA) is 0 Å². The van der Waals surface area contributed by atoms with Crippen LogP contribution in [0.2, 0.25) is 0 Å². The maximum absolute atomic E-state index is 3.92. The third-order valence-corrected chi connectivity index (χ3v) is 8.75. The van der Waals surface area contributed by atoms with Crippen LogP contribution in [0.15, 0.2) is 30.9 Å². The predicted molar refractivity (Wildman–Crippen MR) is 126 cm³/mol. The maximum Gasteiger partial charge on any atom is -0.0159 e. The van der Waals surface area contributed by atoms with Gasteiger partial charge in [0.25, 0.3) is 0 Å². The Hall–Kier alpha value is -1.04. The van der Waals surface area contributed by atoms with Crippen LogP contribution in [0.4, 0.5) is 0 Å². The molecule has 3 aliphatic rings. The van der Waals surface area contributed by atoms with E-state index in [4.69, 9.17) is 0 Å². The smallest absolute Gasteiger partial charge is 0.0159 e. The molecule has 0 saturated heterocycles. The molecule has 1 aromatic carbocycles. The van der Waals surface area contributed by atoms with Crippen molar-refractivity contribution in [2.24, 2.45) is 23.7 Å². The van der Waals surface area contributed by atoms with Crippen LogP contribution in [0.25, 0.3) is 0 Å². The zero-order chi connectivity index (χ0) is 20.1. The van der Waals surface area contributed by atoms with Gasteiger partial charge in [-0.25, -0.2) is 0 Å². The van der Waals surface area contributed by atoms with E-state index in [1.165, 1.54) is 96.3 Å². The van der Waals surface area contributed by atoms with E-state index in [1.807, 2.05) is 0 Å². The highest BCUT2D eigenvalue weighted by molar-refractivity contribution is 5.36. The Balaban J connectivity index is 1.32. The fraction of sp³-hybridized carbons (Fsp3) is 0.724. The Morgan fingerprint density at radius 3 is 2.62 bits per heavy atom. The molecule has 160 valence electrons. The average molecular weight is 393 g/mol. The van der Waals surface area contributed by atoms with Gasteiger partial charge in [-0.1, -0.05) is 63.3 Å². The third-order valence-electron chi connectivity index (χ3n) is 8.75. The van der Waals surface area contributed by atoms with Crippen molar-refractivity contribution < 1.29 is 0 Å². The standard InChI is InChI=1S/C29H44/c1-3-5-7-9-23-11-13-27-21-29(17-15-25(27)19-23)28-16-14-24-18-22(8-6-4-2)10-12-26(24)20-28/h4,15,17,21-24,26,28H,2-3,5-14,16,18-20H2,1H3. The highest BCUT2D eigenvalue weighted by Gasteiger charge is 2.36. The highest BCUT2D eigenvalue weighted by Crippen LogP contribution is 2.48. The molecule has 0 radical (unpaired) electrons. The second-order valence-corrected chi connectivity index (χ2v) is 10.7. The molecule has 0 spiro atoms. The van der Waals surface area contributed by atoms with Gasteiger partial charge in [-0.2, -0.15) is 0 Å². The van der Waals surface area contributed by atoms with E-state index in [0.29, 0.717) is 0 Å². The molecule has 0 bridgehead atoms. The summed E-state index contributed by atoms with van der Waals surface area (Å²) in [6.45, 7) is 6.24. The lowest BCUT2D eigenvalue weighted by Gasteiger charge is -2.42. The first kappa shape index (κ1) is 21.2. The van der Waals surface area contributed by atoms with Crippen LogP contribution in [0.1, 0.15) is 113 Å². The number of hydrogen-bond donors (Lipinski definition) is 0. The van der Waals surface area contributed by atoms with Crippen LogP contribution in [-0.2, 0) is 12.8 Å². The van der Waals surface area contributed by atoms with Crippen LogP contribution in [0.5, 0.6) is 0 Å². The average Bonchev–Trinajstić information content (AvgIpc) is 2.77. The summed E-state index contributed by atoms with van der Waals surface area (Å²) in [6.07, 6.45) is 23.4. The maximum atomic E-state index is 3.92. The number of unbranched alkanes of at least 4 members (excludes halogenated alkanes) is 2. The number of fused-ring (bicyclic) bond motifs is 2. The van der Waals surface area contributed by atoms with Gasteiger partial charge in [0, 0.05) is 0 Å². The van der Waals surface area contributed by atoms with E-state index in [0.717, 1.165) is 29.6 Å². The number of allylic oxidation sites excluding steroid dienone is 1. The number of rotatable bonds is 8. The van der Waals surface area contributed by atoms with Crippen molar-refractivity contribution in [1.29, 1.82) is 0 Å². The summed E-state index contributed by atoms with van der Waals surface area (Å²) in [6, 6.07) is 7.68. The monoisotopic (exact) mass is 392 g/mol. The lowest BCUT2D eigenvalue weighted by Crippen LogP contribution is -2.30. The molecule has 0 nitrogen and oxygen atoms in total. The fourth-order valence-electron chi connectivity index (χ4n) is 6.94. The largest absolute Gasteiger partial charge is 0.103 e. The van der Waals surface area contributed by atoms with Gasteiger partial charge < -0.3 is 0 Å². The molecule has 0 aromatic heterocycles. The van der Waals surface area contributed by atoms with Crippen molar-refractivity contribution in [1.82, 2.24) is 0 Å². The van der Waals surface area contributed by atoms with Crippen molar-refractivity contribution in [3.05, 3.63) is 47.5 Å². The van der Waals surface area contributed by atoms with Crippen LogP contribution in [0.3, 0.4) is 0 Å². The highest BCUT2D eigenvalue weighted by atomic mass is 14.4. The molecular weight excluding hydrogens is 348 g/mol. The van der Waals surface area contributed by atoms with Crippen LogP contribution < -0.4 is 0 Å². The van der Waals surface area contributed by atoms with Gasteiger partial charge >= 0.3 is 0 Å². The normalized spacial score (nSPS) is 31.7. The first-order valence-corrected chi connectivity index (χ1v) is 13.0. The molecule has 0 aliphatic heterocycles. The van der Waals surface area contributed by atoms with Gasteiger partial charge in [0.2, 0.25) is 0 Å². The second-order valence-electron chi connectivity index (χ2n) is 10.7.